The Balaban J connectivity index is 2.18. The summed E-state index contributed by atoms with van der Waals surface area (Å²) in [6.07, 6.45) is 6.91. The number of aromatic nitrogens is 2. The van der Waals surface area contributed by atoms with Gasteiger partial charge >= 0.3 is 0 Å². The number of aromatic amines is 1. The number of benzene rings is 1. The third kappa shape index (κ3) is 2.49. The van der Waals surface area contributed by atoms with Gasteiger partial charge in [-0.1, -0.05) is 24.3 Å². The highest BCUT2D eigenvalue weighted by atomic mass is 14.9. The first-order valence-corrected chi connectivity index (χ1v) is 5.69. The molecule has 0 unspecified atom stereocenters. The Hall–Kier alpha value is -1.61. The van der Waals surface area contributed by atoms with Crippen molar-refractivity contribution in [2.45, 2.75) is 19.3 Å². The minimum absolute atomic E-state index is 0.767. The van der Waals surface area contributed by atoms with Gasteiger partial charge in [0.25, 0.3) is 0 Å². The second-order valence-corrected chi connectivity index (χ2v) is 3.84. The van der Waals surface area contributed by atoms with E-state index in [0.29, 0.717) is 0 Å². The van der Waals surface area contributed by atoms with Gasteiger partial charge in [-0.05, 0) is 31.4 Å². The fourth-order valence-corrected chi connectivity index (χ4v) is 1.84. The number of imidazole rings is 1. The molecule has 0 aliphatic heterocycles. The molecule has 1 aromatic carbocycles. The van der Waals surface area contributed by atoms with Crippen molar-refractivity contribution in [3.63, 3.8) is 0 Å². The van der Waals surface area contributed by atoms with Crippen LogP contribution in [0.2, 0.25) is 0 Å². The molecule has 0 spiro atoms. The predicted molar refractivity (Wildman–Crippen MR) is 66.0 cm³/mol. The molecule has 0 atom stereocenters. The van der Waals surface area contributed by atoms with Gasteiger partial charge in [-0.3, -0.25) is 0 Å². The summed E-state index contributed by atoms with van der Waals surface area (Å²) in [6, 6.07) is 8.39. The number of aryl methyl sites for hydroxylation is 1. The monoisotopic (exact) mass is 215 g/mol. The Bertz CT molecular complexity index is 421. The van der Waals surface area contributed by atoms with Crippen LogP contribution in [0.5, 0.6) is 0 Å². The average Bonchev–Trinajstić information content (AvgIpc) is 2.83. The van der Waals surface area contributed by atoms with Gasteiger partial charge in [0, 0.05) is 18.0 Å². The van der Waals surface area contributed by atoms with E-state index in [4.69, 9.17) is 5.73 Å². The van der Waals surface area contributed by atoms with Crippen LogP contribution in [-0.2, 0) is 6.42 Å². The number of H-pyrrole nitrogens is 1. The van der Waals surface area contributed by atoms with Gasteiger partial charge in [-0.15, -0.1) is 0 Å². The van der Waals surface area contributed by atoms with E-state index in [1.165, 1.54) is 11.1 Å². The maximum atomic E-state index is 5.51. The second kappa shape index (κ2) is 5.47. The first-order chi connectivity index (χ1) is 7.92. The fourth-order valence-electron chi connectivity index (χ4n) is 1.84. The fraction of sp³-hybridized carbons (Fsp3) is 0.308. The molecule has 16 heavy (non-hydrogen) atoms. The Kier molecular flexibility index (Phi) is 3.72. The zero-order chi connectivity index (χ0) is 11.2. The van der Waals surface area contributed by atoms with Crippen molar-refractivity contribution in [3.8, 4) is 11.4 Å². The number of nitrogens with one attached hydrogen (secondary N) is 1. The number of hydrogen-bond acceptors (Lipinski definition) is 2. The van der Waals surface area contributed by atoms with E-state index in [0.717, 1.165) is 31.6 Å². The van der Waals surface area contributed by atoms with Crippen LogP contribution >= 0.6 is 0 Å². The van der Waals surface area contributed by atoms with Gasteiger partial charge in [0.15, 0.2) is 0 Å². The SMILES string of the molecule is NCCCCc1ccccc1-c1ncc[nH]1. The standard InChI is InChI=1S/C13H17N3/c14-8-4-3-6-11-5-1-2-7-12(11)13-15-9-10-16-13/h1-2,5,7,9-10H,3-4,6,8,14H2,(H,15,16). The number of nitrogens with zero attached hydrogens (tertiary/aromatic N) is 1. The molecular weight excluding hydrogens is 198 g/mol. The number of unbranched alkanes of at least 4 members (excludes halogenated alkanes) is 1. The highest BCUT2D eigenvalue weighted by Crippen LogP contribution is 2.21. The summed E-state index contributed by atoms with van der Waals surface area (Å²) in [6.45, 7) is 0.767. The lowest BCUT2D eigenvalue weighted by molar-refractivity contribution is 0.745. The van der Waals surface area contributed by atoms with E-state index >= 15 is 0 Å². The highest BCUT2D eigenvalue weighted by Gasteiger charge is 2.05. The Morgan fingerprint density at radius 1 is 1.19 bits per heavy atom. The molecule has 3 nitrogen and oxygen atoms in total. The van der Waals surface area contributed by atoms with Crippen LogP contribution in [0, 0.1) is 0 Å². The summed E-state index contributed by atoms with van der Waals surface area (Å²) in [7, 11) is 0. The predicted octanol–water partition coefficient (Wildman–Crippen LogP) is 2.36. The van der Waals surface area contributed by atoms with Gasteiger partial charge in [0.1, 0.15) is 5.82 Å². The van der Waals surface area contributed by atoms with Crippen molar-refractivity contribution < 1.29 is 0 Å². The number of nitrogens with two attached hydrogens (primary N) is 1. The lowest BCUT2D eigenvalue weighted by atomic mass is 10.0. The van der Waals surface area contributed by atoms with Crippen LogP contribution in [0.4, 0.5) is 0 Å². The third-order valence-corrected chi connectivity index (χ3v) is 2.67. The van der Waals surface area contributed by atoms with Crippen LogP contribution in [0.25, 0.3) is 11.4 Å². The smallest absolute Gasteiger partial charge is 0.137 e. The van der Waals surface area contributed by atoms with Crippen LogP contribution < -0.4 is 5.73 Å². The lowest BCUT2D eigenvalue weighted by Gasteiger charge is -2.06. The van der Waals surface area contributed by atoms with Crippen molar-refractivity contribution in [1.29, 1.82) is 0 Å². The summed E-state index contributed by atoms with van der Waals surface area (Å²) in [5.41, 5.74) is 8.04. The van der Waals surface area contributed by atoms with Crippen LogP contribution in [0.15, 0.2) is 36.7 Å². The van der Waals surface area contributed by atoms with Gasteiger partial charge in [0.2, 0.25) is 0 Å². The van der Waals surface area contributed by atoms with Gasteiger partial charge in [0.05, 0.1) is 0 Å². The quantitative estimate of drug-likeness (QED) is 0.752. The molecule has 0 saturated heterocycles. The van der Waals surface area contributed by atoms with E-state index in [2.05, 4.69) is 28.2 Å². The van der Waals surface area contributed by atoms with E-state index in [1.54, 1.807) is 6.20 Å². The van der Waals surface area contributed by atoms with E-state index in [-0.39, 0.29) is 0 Å². The summed E-state index contributed by atoms with van der Waals surface area (Å²) in [4.78, 5) is 7.44. The van der Waals surface area contributed by atoms with Crippen LogP contribution in [0.3, 0.4) is 0 Å². The van der Waals surface area contributed by atoms with Crippen molar-refractivity contribution >= 4 is 0 Å². The Morgan fingerprint density at radius 2 is 2.06 bits per heavy atom. The molecular formula is C13H17N3. The van der Waals surface area contributed by atoms with Gasteiger partial charge in [-0.2, -0.15) is 0 Å². The Labute approximate surface area is 95.7 Å². The maximum Gasteiger partial charge on any atom is 0.137 e. The third-order valence-electron chi connectivity index (χ3n) is 2.67. The molecule has 1 aromatic heterocycles. The second-order valence-electron chi connectivity index (χ2n) is 3.84. The van der Waals surface area contributed by atoms with Crippen molar-refractivity contribution in [2.75, 3.05) is 6.54 Å². The maximum absolute atomic E-state index is 5.51. The molecule has 0 bridgehead atoms. The van der Waals surface area contributed by atoms with Crippen LogP contribution in [0.1, 0.15) is 18.4 Å². The first kappa shape index (κ1) is 10.9. The molecule has 2 aromatic rings. The van der Waals surface area contributed by atoms with E-state index in [1.807, 2.05) is 12.3 Å². The molecule has 0 aliphatic rings. The zero-order valence-electron chi connectivity index (χ0n) is 9.32. The zero-order valence-corrected chi connectivity index (χ0v) is 9.32. The highest BCUT2D eigenvalue weighted by molar-refractivity contribution is 5.59. The lowest BCUT2D eigenvalue weighted by Crippen LogP contribution is -1.99. The molecule has 1 heterocycles. The molecule has 2 rings (SSSR count). The summed E-state index contributed by atoms with van der Waals surface area (Å²) >= 11 is 0. The Morgan fingerprint density at radius 3 is 2.81 bits per heavy atom. The summed E-state index contributed by atoms with van der Waals surface area (Å²) in [5.74, 6) is 0.948. The molecule has 0 saturated carbocycles. The number of rotatable bonds is 5. The minimum Gasteiger partial charge on any atom is -0.345 e. The van der Waals surface area contributed by atoms with Crippen molar-refractivity contribution in [2.24, 2.45) is 5.73 Å². The molecule has 0 aliphatic carbocycles. The topological polar surface area (TPSA) is 54.7 Å². The van der Waals surface area contributed by atoms with Crippen LogP contribution in [-0.4, -0.2) is 16.5 Å². The largest absolute Gasteiger partial charge is 0.345 e. The van der Waals surface area contributed by atoms with Crippen molar-refractivity contribution in [3.05, 3.63) is 42.2 Å². The molecule has 84 valence electrons. The summed E-state index contributed by atoms with van der Waals surface area (Å²) in [5, 5.41) is 0. The van der Waals surface area contributed by atoms with E-state index in [9.17, 15) is 0 Å². The summed E-state index contributed by atoms with van der Waals surface area (Å²) < 4.78 is 0. The molecule has 3 heteroatoms. The molecule has 0 amide bonds. The first-order valence-electron chi connectivity index (χ1n) is 5.69. The normalized spacial score (nSPS) is 10.6. The molecule has 0 radical (unpaired) electrons. The number of hydrogen-bond donors (Lipinski definition) is 2. The minimum atomic E-state index is 0.767. The average molecular weight is 215 g/mol. The van der Waals surface area contributed by atoms with Gasteiger partial charge in [-0.25, -0.2) is 4.98 Å². The van der Waals surface area contributed by atoms with E-state index < -0.39 is 0 Å². The molecule has 3 N–H and O–H groups in total. The van der Waals surface area contributed by atoms with Crippen molar-refractivity contribution in [1.82, 2.24) is 9.97 Å². The molecule has 0 fully saturated rings. The van der Waals surface area contributed by atoms with Gasteiger partial charge < -0.3 is 10.7 Å².